The molecule has 2 unspecified atom stereocenters. The van der Waals surface area contributed by atoms with E-state index in [-0.39, 0.29) is 0 Å². The average molecular weight is 432 g/mol. The molecule has 2 aliphatic carbocycles. The van der Waals surface area contributed by atoms with Crippen LogP contribution in [-0.4, -0.2) is 71.1 Å². The van der Waals surface area contributed by atoms with E-state index in [4.69, 9.17) is 0 Å². The van der Waals surface area contributed by atoms with Crippen LogP contribution in [0.15, 0.2) is 0 Å². The van der Waals surface area contributed by atoms with Crippen LogP contribution in [0.4, 0.5) is 0 Å². The van der Waals surface area contributed by atoms with Crippen LogP contribution >= 0.6 is 0 Å². The third-order valence-electron chi connectivity index (χ3n) is 9.52. The van der Waals surface area contributed by atoms with E-state index >= 15 is 0 Å². The molecule has 0 aromatic carbocycles. The maximum Gasteiger partial charge on any atom is 0.0102 e. The Morgan fingerprint density at radius 1 is 0.452 bits per heavy atom. The molecule has 6 bridgehead atoms. The molecule has 0 N–H and O–H groups in total. The van der Waals surface area contributed by atoms with E-state index in [0.717, 1.165) is 53.9 Å². The molecule has 5 saturated heterocycles. The summed E-state index contributed by atoms with van der Waals surface area (Å²) in [6, 6.07) is 4.28. The molecule has 5 heterocycles. The van der Waals surface area contributed by atoms with Crippen LogP contribution in [-0.2, 0) is 0 Å². The Hall–Kier alpha value is -0.120. The quantitative estimate of drug-likeness (QED) is 0.552. The van der Waals surface area contributed by atoms with Crippen molar-refractivity contribution < 1.29 is 0 Å². The number of rotatable bonds is 3. The van der Waals surface area contributed by atoms with E-state index in [2.05, 4.69) is 56.2 Å². The summed E-state index contributed by atoms with van der Waals surface area (Å²) in [5.41, 5.74) is 0. The van der Waals surface area contributed by atoms with Crippen LogP contribution in [0.1, 0.15) is 99.3 Å². The van der Waals surface area contributed by atoms with Gasteiger partial charge in [-0.15, -0.1) is 0 Å². The molecule has 3 nitrogen and oxygen atoms in total. The van der Waals surface area contributed by atoms with Crippen molar-refractivity contribution >= 4 is 0 Å². The summed E-state index contributed by atoms with van der Waals surface area (Å²) in [7, 11) is 0. The second-order valence-corrected chi connectivity index (χ2v) is 12.8. The number of hydrogen-bond acceptors (Lipinski definition) is 3. The summed E-state index contributed by atoms with van der Waals surface area (Å²) in [6.07, 6.45) is 13.5. The lowest BCUT2D eigenvalue weighted by atomic mass is 9.71. The summed E-state index contributed by atoms with van der Waals surface area (Å²) in [5.74, 6) is 4.24. The molecular weight excluding hydrogens is 378 g/mol. The highest BCUT2D eigenvalue weighted by atomic mass is 15.2. The second-order valence-electron chi connectivity index (χ2n) is 12.8. The fourth-order valence-corrected chi connectivity index (χ4v) is 7.80. The molecule has 2 atom stereocenters. The fourth-order valence-electron chi connectivity index (χ4n) is 7.80. The van der Waals surface area contributed by atoms with E-state index in [1.54, 1.807) is 0 Å². The lowest BCUT2D eigenvalue weighted by molar-refractivity contribution is 0.00980. The van der Waals surface area contributed by atoms with Gasteiger partial charge < -0.3 is 9.80 Å². The van der Waals surface area contributed by atoms with Gasteiger partial charge in [-0.3, -0.25) is 4.90 Å². The Balaban J connectivity index is 0.000000112. The molecule has 0 amide bonds. The lowest BCUT2D eigenvalue weighted by Gasteiger charge is -2.48. The molecule has 0 aromatic rings. The Kier molecular flexibility index (Phi) is 8.08. The van der Waals surface area contributed by atoms with Crippen LogP contribution in [0.25, 0.3) is 0 Å². The van der Waals surface area contributed by atoms with Gasteiger partial charge >= 0.3 is 0 Å². The van der Waals surface area contributed by atoms with Crippen molar-refractivity contribution in [3.63, 3.8) is 0 Å². The summed E-state index contributed by atoms with van der Waals surface area (Å²) < 4.78 is 0. The normalized spacial score (nSPS) is 39.4. The second kappa shape index (κ2) is 10.4. The summed E-state index contributed by atoms with van der Waals surface area (Å²) in [4.78, 5) is 8.01. The van der Waals surface area contributed by atoms with Gasteiger partial charge in [0.15, 0.2) is 0 Å². The van der Waals surface area contributed by atoms with E-state index < -0.39 is 0 Å². The summed E-state index contributed by atoms with van der Waals surface area (Å²) >= 11 is 0. The molecule has 0 spiro atoms. The minimum Gasteiger partial charge on any atom is -0.300 e. The molecule has 2 saturated carbocycles. The van der Waals surface area contributed by atoms with Crippen molar-refractivity contribution in [3.05, 3.63) is 0 Å². The highest BCUT2D eigenvalue weighted by Gasteiger charge is 2.40. The summed E-state index contributed by atoms with van der Waals surface area (Å²) in [6.45, 7) is 19.5. The van der Waals surface area contributed by atoms with Crippen LogP contribution in [0.2, 0.25) is 0 Å². The molecule has 0 radical (unpaired) electrons. The van der Waals surface area contributed by atoms with Crippen LogP contribution < -0.4 is 0 Å². The maximum atomic E-state index is 2.72. The van der Waals surface area contributed by atoms with E-state index in [9.17, 15) is 0 Å². The van der Waals surface area contributed by atoms with E-state index in [1.165, 1.54) is 84.0 Å². The highest BCUT2D eigenvalue weighted by molar-refractivity contribution is 4.96. The van der Waals surface area contributed by atoms with Gasteiger partial charge in [0.2, 0.25) is 0 Å². The van der Waals surface area contributed by atoms with Crippen molar-refractivity contribution in [1.82, 2.24) is 14.7 Å². The van der Waals surface area contributed by atoms with Crippen molar-refractivity contribution in [2.45, 2.75) is 130 Å². The van der Waals surface area contributed by atoms with Gasteiger partial charge in [0.05, 0.1) is 0 Å². The third kappa shape index (κ3) is 5.87. The first-order chi connectivity index (χ1) is 14.8. The topological polar surface area (TPSA) is 9.72 Å². The number of fused-ring (bicyclic) bond motifs is 6. The first kappa shape index (κ1) is 24.0. The first-order valence-corrected chi connectivity index (χ1v) is 14.1. The average Bonchev–Trinajstić information content (AvgIpc) is 3.42. The molecule has 5 aliphatic heterocycles. The number of piperidine rings is 3. The molecule has 180 valence electrons. The lowest BCUT2D eigenvalue weighted by Crippen LogP contribution is -2.50. The Morgan fingerprint density at radius 2 is 0.806 bits per heavy atom. The zero-order valence-electron chi connectivity index (χ0n) is 21.7. The van der Waals surface area contributed by atoms with E-state index in [0.29, 0.717) is 0 Å². The van der Waals surface area contributed by atoms with E-state index in [1.807, 2.05) is 0 Å². The Labute approximate surface area is 194 Å². The van der Waals surface area contributed by atoms with Gasteiger partial charge in [0.25, 0.3) is 0 Å². The largest absolute Gasteiger partial charge is 0.300 e. The standard InChI is InChI=1S/C10H19N.2C9H17N/c1-8(2)11-6-9-3-4-10(5-9)7-11;1-7(2)10-5-8-3-9(4-8)6-10;1-7(2)10-8-3-4-9(10)6-5-8/h8-10H,3-7H2,1-2H3;2*7-9H,3-6H2,1-2H3. The van der Waals surface area contributed by atoms with Gasteiger partial charge in [-0.05, 0) is 123 Å². The molecule has 7 rings (SSSR count). The van der Waals surface area contributed by atoms with Crippen molar-refractivity contribution in [2.75, 3.05) is 26.2 Å². The number of likely N-dealkylation sites (tertiary alicyclic amines) is 1. The molecule has 3 heteroatoms. The fraction of sp³-hybridized carbons (Fsp3) is 1.00. The first-order valence-electron chi connectivity index (χ1n) is 14.1. The maximum absolute atomic E-state index is 2.72. The monoisotopic (exact) mass is 431 g/mol. The molecule has 0 aromatic heterocycles. The van der Waals surface area contributed by atoms with Crippen molar-refractivity contribution in [2.24, 2.45) is 23.7 Å². The summed E-state index contributed by atoms with van der Waals surface area (Å²) in [5, 5.41) is 0. The zero-order chi connectivity index (χ0) is 22.1. The number of hydrogen-bond donors (Lipinski definition) is 0. The van der Waals surface area contributed by atoms with Gasteiger partial charge in [-0.2, -0.15) is 0 Å². The van der Waals surface area contributed by atoms with Gasteiger partial charge in [0, 0.05) is 56.4 Å². The number of nitrogens with zero attached hydrogens (tertiary/aromatic N) is 3. The predicted octanol–water partition coefficient (Wildman–Crippen LogP) is 5.88. The predicted molar refractivity (Wildman–Crippen MR) is 133 cm³/mol. The van der Waals surface area contributed by atoms with Crippen LogP contribution in [0, 0.1) is 23.7 Å². The van der Waals surface area contributed by atoms with Gasteiger partial charge in [-0.1, -0.05) is 0 Å². The molecule has 31 heavy (non-hydrogen) atoms. The molecule has 7 fully saturated rings. The minimum atomic E-state index is 0.776. The smallest absolute Gasteiger partial charge is 0.0102 e. The van der Waals surface area contributed by atoms with Crippen molar-refractivity contribution in [3.8, 4) is 0 Å². The minimum absolute atomic E-state index is 0.776. The Morgan fingerprint density at radius 3 is 1.13 bits per heavy atom. The van der Waals surface area contributed by atoms with Crippen LogP contribution in [0.3, 0.4) is 0 Å². The Bertz CT molecular complexity index is 510. The van der Waals surface area contributed by atoms with Gasteiger partial charge in [0.1, 0.15) is 0 Å². The van der Waals surface area contributed by atoms with Crippen LogP contribution in [0.5, 0.6) is 0 Å². The van der Waals surface area contributed by atoms with Crippen molar-refractivity contribution in [1.29, 1.82) is 0 Å². The highest BCUT2D eigenvalue weighted by Crippen LogP contribution is 2.40. The van der Waals surface area contributed by atoms with Gasteiger partial charge in [-0.25, -0.2) is 0 Å². The molecule has 7 aliphatic rings. The zero-order valence-corrected chi connectivity index (χ0v) is 21.7. The molecular formula is C28H53N3. The third-order valence-corrected chi connectivity index (χ3v) is 9.52. The SMILES string of the molecule is CC(C)N1C2CCC1CC2.CC(C)N1CC2CC(C2)C1.CC(C)N1CC2CCC(C2)C1.